The van der Waals surface area contributed by atoms with Crippen LogP contribution in [0.15, 0.2) is 30.3 Å². The van der Waals surface area contributed by atoms with Crippen molar-refractivity contribution in [1.29, 1.82) is 0 Å². The predicted molar refractivity (Wildman–Crippen MR) is 123 cm³/mol. The van der Waals surface area contributed by atoms with Crippen LogP contribution >= 0.6 is 11.6 Å². The number of nitrogens with zero attached hydrogens (tertiary/aromatic N) is 4. The molecule has 0 saturated carbocycles. The lowest BCUT2D eigenvalue weighted by atomic mass is 9.91. The predicted octanol–water partition coefficient (Wildman–Crippen LogP) is 5.55. The number of aryl methyl sites for hydroxylation is 1. The molecule has 1 atom stereocenters. The van der Waals surface area contributed by atoms with Crippen molar-refractivity contribution in [3.8, 4) is 0 Å². The van der Waals surface area contributed by atoms with Crippen molar-refractivity contribution in [2.24, 2.45) is 0 Å². The molecule has 1 aliphatic rings. The summed E-state index contributed by atoms with van der Waals surface area (Å²) in [5, 5.41) is 1.19. The number of rotatable bonds is 3. The summed E-state index contributed by atoms with van der Waals surface area (Å²) in [4.78, 5) is 27.2. The van der Waals surface area contributed by atoms with Gasteiger partial charge in [0.05, 0.1) is 7.11 Å². The Labute approximate surface area is 211 Å². The number of alkyl halides is 3. The number of fused-ring (bicyclic) bond motifs is 3. The third-order valence-corrected chi connectivity index (χ3v) is 6.43. The molecule has 37 heavy (non-hydrogen) atoms. The Kier molecular flexibility index (Phi) is 6.01. The number of carbonyl (C=O) groups is 1. The SMILES string of the molecule is COC(=O)c1nc(N2CCc3c([nH]c4ccc(Cl)cc34)C2c2ccc(C)c(F)c2F)nc(C(F)(F)F)n1. The summed E-state index contributed by atoms with van der Waals surface area (Å²) in [5.74, 6) is -6.51. The molecule has 1 unspecified atom stereocenters. The molecule has 7 nitrogen and oxygen atoms in total. The molecule has 0 spiro atoms. The van der Waals surface area contributed by atoms with Gasteiger partial charge in [0.25, 0.3) is 0 Å². The molecule has 1 N–H and O–H groups in total. The fraction of sp³-hybridized carbons (Fsp3) is 0.250. The Morgan fingerprint density at radius 1 is 1.14 bits per heavy atom. The molecule has 0 saturated heterocycles. The van der Waals surface area contributed by atoms with Crippen molar-refractivity contribution in [1.82, 2.24) is 19.9 Å². The Hall–Kier alpha value is -3.80. The summed E-state index contributed by atoms with van der Waals surface area (Å²) in [6.07, 6.45) is -4.74. The minimum Gasteiger partial charge on any atom is -0.463 e. The summed E-state index contributed by atoms with van der Waals surface area (Å²) in [6.45, 7) is 1.40. The molecule has 0 radical (unpaired) electrons. The van der Waals surface area contributed by atoms with Crippen molar-refractivity contribution in [2.45, 2.75) is 25.6 Å². The Morgan fingerprint density at radius 2 is 1.89 bits per heavy atom. The lowest BCUT2D eigenvalue weighted by Crippen LogP contribution is -2.39. The number of methoxy groups -OCH3 is 1. The summed E-state index contributed by atoms with van der Waals surface area (Å²) in [6, 6.07) is 6.63. The van der Waals surface area contributed by atoms with Crippen LogP contribution in [0.2, 0.25) is 5.02 Å². The first-order valence-corrected chi connectivity index (χ1v) is 11.3. The minimum absolute atomic E-state index is 0.00793. The van der Waals surface area contributed by atoms with Crippen molar-refractivity contribution >= 4 is 34.4 Å². The molecule has 0 fully saturated rings. The summed E-state index contributed by atoms with van der Waals surface area (Å²) < 4.78 is 75.4. The molecule has 192 valence electrons. The molecule has 0 bridgehead atoms. The zero-order valence-electron chi connectivity index (χ0n) is 19.3. The maximum absolute atomic E-state index is 15.3. The quantitative estimate of drug-likeness (QED) is 0.272. The number of hydrogen-bond donors (Lipinski definition) is 1. The fourth-order valence-electron chi connectivity index (χ4n) is 4.47. The van der Waals surface area contributed by atoms with Gasteiger partial charge in [0.15, 0.2) is 11.6 Å². The van der Waals surface area contributed by atoms with Crippen LogP contribution in [0, 0.1) is 18.6 Å². The van der Waals surface area contributed by atoms with Gasteiger partial charge in [-0.05, 0) is 42.7 Å². The van der Waals surface area contributed by atoms with Crippen LogP contribution in [0.5, 0.6) is 0 Å². The van der Waals surface area contributed by atoms with Gasteiger partial charge in [0.1, 0.15) is 6.04 Å². The van der Waals surface area contributed by atoms with Gasteiger partial charge in [0.2, 0.25) is 17.6 Å². The van der Waals surface area contributed by atoms with E-state index in [4.69, 9.17) is 11.6 Å². The van der Waals surface area contributed by atoms with E-state index in [-0.39, 0.29) is 24.1 Å². The van der Waals surface area contributed by atoms with E-state index in [2.05, 4.69) is 24.7 Å². The number of hydrogen-bond acceptors (Lipinski definition) is 6. The molecule has 0 aliphatic carbocycles. The van der Waals surface area contributed by atoms with Crippen molar-refractivity contribution in [3.05, 3.63) is 81.0 Å². The van der Waals surface area contributed by atoms with E-state index in [1.54, 1.807) is 18.2 Å². The van der Waals surface area contributed by atoms with Gasteiger partial charge in [0, 0.05) is 33.7 Å². The molecule has 5 rings (SSSR count). The number of ether oxygens (including phenoxy) is 1. The smallest absolute Gasteiger partial charge is 0.451 e. The van der Waals surface area contributed by atoms with E-state index in [0.717, 1.165) is 18.1 Å². The number of esters is 1. The van der Waals surface area contributed by atoms with E-state index in [0.29, 0.717) is 16.2 Å². The maximum Gasteiger partial charge on any atom is 0.451 e. The number of benzene rings is 2. The van der Waals surface area contributed by atoms with Gasteiger partial charge in [-0.1, -0.05) is 23.7 Å². The van der Waals surface area contributed by atoms with E-state index in [1.165, 1.54) is 24.0 Å². The van der Waals surface area contributed by atoms with Crippen LogP contribution < -0.4 is 4.90 Å². The Bertz CT molecular complexity index is 1560. The zero-order valence-corrected chi connectivity index (χ0v) is 20.0. The van der Waals surface area contributed by atoms with Crippen molar-refractivity contribution < 1.29 is 31.5 Å². The molecule has 2 aromatic heterocycles. The summed E-state index contributed by atoms with van der Waals surface area (Å²) in [5.41, 5.74) is 1.68. The first kappa shape index (κ1) is 24.9. The van der Waals surface area contributed by atoms with Gasteiger partial charge in [-0.15, -0.1) is 0 Å². The minimum atomic E-state index is -5.02. The van der Waals surface area contributed by atoms with Gasteiger partial charge < -0.3 is 14.6 Å². The van der Waals surface area contributed by atoms with Gasteiger partial charge >= 0.3 is 12.1 Å². The molecule has 13 heteroatoms. The number of nitrogens with one attached hydrogen (secondary N) is 1. The molecule has 4 aromatic rings. The second-order valence-electron chi connectivity index (χ2n) is 8.42. The first-order valence-electron chi connectivity index (χ1n) is 10.9. The monoisotopic (exact) mass is 537 g/mol. The molecular weight excluding hydrogens is 521 g/mol. The van der Waals surface area contributed by atoms with E-state index >= 15 is 4.39 Å². The highest BCUT2D eigenvalue weighted by molar-refractivity contribution is 6.31. The van der Waals surface area contributed by atoms with E-state index in [1.807, 2.05) is 0 Å². The number of aromatic nitrogens is 4. The van der Waals surface area contributed by atoms with Crippen LogP contribution in [0.3, 0.4) is 0 Å². The maximum atomic E-state index is 15.3. The second-order valence-corrected chi connectivity index (χ2v) is 8.86. The highest BCUT2D eigenvalue weighted by atomic mass is 35.5. The standard InChI is InChI=1S/C24H17ClF5N5O2/c1-10-3-5-13(17(27)16(10)26)19-18-12(14-9-11(25)4-6-15(14)31-18)7-8-35(19)23-33-20(21(36)37-2)32-22(34-23)24(28,29)30/h3-6,9,19,31H,7-8H2,1-2H3. The van der Waals surface area contributed by atoms with E-state index < -0.39 is 47.4 Å². The molecule has 2 aromatic carbocycles. The third-order valence-electron chi connectivity index (χ3n) is 6.19. The largest absolute Gasteiger partial charge is 0.463 e. The number of carbonyl (C=O) groups excluding carboxylic acids is 1. The van der Waals surface area contributed by atoms with Gasteiger partial charge in [-0.2, -0.15) is 28.1 Å². The molecular formula is C24H17ClF5N5O2. The average molecular weight is 538 g/mol. The summed E-state index contributed by atoms with van der Waals surface area (Å²) in [7, 11) is 0.967. The Balaban J connectivity index is 1.77. The van der Waals surface area contributed by atoms with Crippen LogP contribution in [0.4, 0.5) is 27.9 Å². The topological polar surface area (TPSA) is 84.0 Å². The lowest BCUT2D eigenvalue weighted by Gasteiger charge is -2.36. The molecule has 0 amide bonds. The lowest BCUT2D eigenvalue weighted by molar-refractivity contribution is -0.145. The van der Waals surface area contributed by atoms with Crippen LogP contribution in [0.25, 0.3) is 10.9 Å². The van der Waals surface area contributed by atoms with Crippen molar-refractivity contribution in [2.75, 3.05) is 18.6 Å². The van der Waals surface area contributed by atoms with Crippen LogP contribution in [-0.2, 0) is 17.3 Å². The number of aromatic amines is 1. The van der Waals surface area contributed by atoms with Crippen molar-refractivity contribution in [3.63, 3.8) is 0 Å². The average Bonchev–Trinajstić information content (AvgIpc) is 3.23. The fourth-order valence-corrected chi connectivity index (χ4v) is 4.65. The summed E-state index contributed by atoms with van der Waals surface area (Å²) >= 11 is 6.17. The highest BCUT2D eigenvalue weighted by Gasteiger charge is 2.40. The van der Waals surface area contributed by atoms with Gasteiger partial charge in [-0.3, -0.25) is 0 Å². The Morgan fingerprint density at radius 3 is 2.59 bits per heavy atom. The first-order chi connectivity index (χ1) is 17.5. The highest BCUT2D eigenvalue weighted by Crippen LogP contribution is 2.42. The third kappa shape index (κ3) is 4.24. The van der Waals surface area contributed by atoms with Crippen LogP contribution in [-0.4, -0.2) is 39.6 Å². The van der Waals surface area contributed by atoms with Gasteiger partial charge in [-0.25, -0.2) is 13.6 Å². The number of H-pyrrole nitrogens is 1. The van der Waals surface area contributed by atoms with Crippen LogP contribution in [0.1, 0.15) is 44.9 Å². The van der Waals surface area contributed by atoms with E-state index in [9.17, 15) is 22.4 Å². The number of halogens is 6. The number of anilines is 1. The normalized spacial score (nSPS) is 15.7. The zero-order chi connectivity index (χ0) is 26.6. The molecule has 1 aliphatic heterocycles. The molecule has 3 heterocycles. The second kappa shape index (κ2) is 8.94.